The van der Waals surface area contributed by atoms with Gasteiger partial charge in [-0.25, -0.2) is 0 Å². The standard InChI is InChI=1S/C41H29N/c1-28(27-42)25-29(2)30-21-23-31(24-22-30)37-26-39-40(35-18-10-9-17-34(35)37)36-19-11-12-20-38(36)41(39,32-13-5-3-6-14-32)33-15-7-4-8-16-33/h3-26H,2H2,1H3/b28-25+. The Morgan fingerprint density at radius 1 is 0.643 bits per heavy atom. The molecule has 0 aliphatic heterocycles. The summed E-state index contributed by atoms with van der Waals surface area (Å²) >= 11 is 0. The third kappa shape index (κ3) is 3.85. The normalized spacial score (nSPS) is 13.3. The van der Waals surface area contributed by atoms with Crippen LogP contribution in [0.3, 0.4) is 0 Å². The van der Waals surface area contributed by atoms with Gasteiger partial charge in [-0.15, -0.1) is 0 Å². The third-order valence-corrected chi connectivity index (χ3v) is 8.60. The third-order valence-electron chi connectivity index (χ3n) is 8.60. The van der Waals surface area contributed by atoms with Gasteiger partial charge in [-0.1, -0.05) is 140 Å². The Kier molecular flexibility index (Phi) is 6.19. The van der Waals surface area contributed by atoms with Crippen LogP contribution in [0.1, 0.15) is 34.7 Å². The number of hydrogen-bond acceptors (Lipinski definition) is 1. The Morgan fingerprint density at radius 3 is 1.86 bits per heavy atom. The molecule has 1 heteroatoms. The Labute approximate surface area is 247 Å². The maximum atomic E-state index is 9.21. The van der Waals surface area contributed by atoms with Crippen LogP contribution in [0, 0.1) is 11.3 Å². The smallest absolute Gasteiger partial charge is 0.0944 e. The first-order valence-corrected chi connectivity index (χ1v) is 14.3. The topological polar surface area (TPSA) is 23.8 Å². The molecule has 1 nitrogen and oxygen atoms in total. The van der Waals surface area contributed by atoms with Crippen molar-refractivity contribution in [2.45, 2.75) is 12.3 Å². The molecule has 42 heavy (non-hydrogen) atoms. The van der Waals surface area contributed by atoms with E-state index in [4.69, 9.17) is 0 Å². The SMILES string of the molecule is C=C(/C=C(\C)C#N)c1ccc(-c2cc3c(c4ccccc24)-c2ccccc2C3(c2ccccc2)c2ccccc2)cc1. The summed E-state index contributed by atoms with van der Waals surface area (Å²) in [5.74, 6) is 0. The lowest BCUT2D eigenvalue weighted by molar-refractivity contribution is 0.769. The first-order chi connectivity index (χ1) is 20.6. The summed E-state index contributed by atoms with van der Waals surface area (Å²) in [5, 5.41) is 11.7. The number of benzene rings is 6. The number of nitriles is 1. The first kappa shape index (κ1) is 25.5. The molecule has 0 spiro atoms. The van der Waals surface area contributed by atoms with Crippen molar-refractivity contribution in [3.05, 3.63) is 186 Å². The van der Waals surface area contributed by atoms with Crippen molar-refractivity contribution in [1.29, 1.82) is 5.26 Å². The molecule has 0 bridgehead atoms. The van der Waals surface area contributed by atoms with E-state index in [1.54, 1.807) is 6.92 Å². The van der Waals surface area contributed by atoms with Crippen molar-refractivity contribution >= 4 is 16.3 Å². The van der Waals surface area contributed by atoms with Crippen molar-refractivity contribution in [2.75, 3.05) is 0 Å². The molecule has 1 aliphatic carbocycles. The molecule has 0 atom stereocenters. The average Bonchev–Trinajstić information content (AvgIpc) is 3.36. The van der Waals surface area contributed by atoms with Gasteiger partial charge in [-0.2, -0.15) is 5.26 Å². The summed E-state index contributed by atoms with van der Waals surface area (Å²) in [7, 11) is 0. The van der Waals surface area contributed by atoms with Crippen LogP contribution in [0.5, 0.6) is 0 Å². The van der Waals surface area contributed by atoms with E-state index in [-0.39, 0.29) is 0 Å². The molecule has 7 rings (SSSR count). The van der Waals surface area contributed by atoms with E-state index in [2.05, 4.69) is 152 Å². The minimum Gasteiger partial charge on any atom is -0.193 e. The molecule has 0 fully saturated rings. The van der Waals surface area contributed by atoms with Crippen LogP contribution >= 0.6 is 0 Å². The zero-order valence-corrected chi connectivity index (χ0v) is 23.5. The van der Waals surface area contributed by atoms with Gasteiger partial charge in [0.15, 0.2) is 0 Å². The lowest BCUT2D eigenvalue weighted by atomic mass is 9.67. The van der Waals surface area contributed by atoms with Crippen molar-refractivity contribution < 1.29 is 0 Å². The summed E-state index contributed by atoms with van der Waals surface area (Å²) in [6, 6.07) is 52.8. The highest BCUT2D eigenvalue weighted by molar-refractivity contribution is 6.10. The minimum atomic E-state index is -0.457. The molecular formula is C41H29N. The van der Waals surface area contributed by atoms with E-state index in [1.165, 1.54) is 49.7 Å². The number of allylic oxidation sites excluding steroid dienone is 3. The molecule has 0 radical (unpaired) electrons. The van der Waals surface area contributed by atoms with Gasteiger partial charge in [-0.05, 0) is 85.5 Å². The Morgan fingerprint density at radius 2 is 1.21 bits per heavy atom. The summed E-state index contributed by atoms with van der Waals surface area (Å²) in [6.45, 7) is 6.00. The highest BCUT2D eigenvalue weighted by Gasteiger charge is 2.46. The summed E-state index contributed by atoms with van der Waals surface area (Å²) < 4.78 is 0. The van der Waals surface area contributed by atoms with Gasteiger partial charge in [0, 0.05) is 5.57 Å². The van der Waals surface area contributed by atoms with Crippen LogP contribution in [0.25, 0.3) is 38.6 Å². The Bertz CT molecular complexity index is 2000. The second kappa shape index (κ2) is 10.2. The zero-order valence-electron chi connectivity index (χ0n) is 23.5. The van der Waals surface area contributed by atoms with Crippen molar-refractivity contribution in [3.8, 4) is 28.3 Å². The van der Waals surface area contributed by atoms with E-state index in [0.717, 1.165) is 16.7 Å². The van der Waals surface area contributed by atoms with Crippen LogP contribution in [-0.4, -0.2) is 0 Å². The largest absolute Gasteiger partial charge is 0.193 e. The van der Waals surface area contributed by atoms with Crippen LogP contribution in [0.2, 0.25) is 0 Å². The van der Waals surface area contributed by atoms with Gasteiger partial charge in [0.25, 0.3) is 0 Å². The van der Waals surface area contributed by atoms with Crippen LogP contribution in [0.15, 0.2) is 158 Å². The molecule has 0 amide bonds. The van der Waals surface area contributed by atoms with Crippen LogP contribution < -0.4 is 0 Å². The van der Waals surface area contributed by atoms with Crippen LogP contribution in [-0.2, 0) is 5.41 Å². The summed E-state index contributed by atoms with van der Waals surface area (Å²) in [4.78, 5) is 0. The van der Waals surface area contributed by atoms with Gasteiger partial charge in [0.2, 0.25) is 0 Å². The second-order valence-electron chi connectivity index (χ2n) is 11.0. The second-order valence-corrected chi connectivity index (χ2v) is 11.0. The van der Waals surface area contributed by atoms with Gasteiger partial charge < -0.3 is 0 Å². The minimum absolute atomic E-state index is 0.457. The maximum absolute atomic E-state index is 9.21. The number of rotatable bonds is 5. The molecule has 1 aliphatic rings. The van der Waals surface area contributed by atoms with E-state index in [9.17, 15) is 5.26 Å². The number of fused-ring (bicyclic) bond motifs is 5. The van der Waals surface area contributed by atoms with Crippen molar-refractivity contribution in [3.63, 3.8) is 0 Å². The number of hydrogen-bond donors (Lipinski definition) is 0. The fraction of sp³-hybridized carbons (Fsp3) is 0.0488. The highest BCUT2D eigenvalue weighted by Crippen LogP contribution is 2.58. The zero-order chi connectivity index (χ0) is 28.7. The summed E-state index contributed by atoms with van der Waals surface area (Å²) in [6.07, 6.45) is 1.84. The summed E-state index contributed by atoms with van der Waals surface area (Å²) in [5.41, 5.74) is 12.1. The average molecular weight is 536 g/mol. The highest BCUT2D eigenvalue weighted by atomic mass is 14.5. The molecule has 6 aromatic rings. The van der Waals surface area contributed by atoms with Crippen molar-refractivity contribution in [1.82, 2.24) is 0 Å². The predicted octanol–water partition coefficient (Wildman–Crippen LogP) is 10.4. The molecule has 0 saturated carbocycles. The van der Waals surface area contributed by atoms with Gasteiger partial charge >= 0.3 is 0 Å². The first-order valence-electron chi connectivity index (χ1n) is 14.3. The maximum Gasteiger partial charge on any atom is 0.0944 e. The van der Waals surface area contributed by atoms with E-state index in [0.29, 0.717) is 5.57 Å². The molecule has 198 valence electrons. The quantitative estimate of drug-likeness (QED) is 0.159. The molecule has 0 unspecified atom stereocenters. The molecule has 0 N–H and O–H groups in total. The Balaban J connectivity index is 1.55. The molecule has 0 saturated heterocycles. The molecule has 0 aromatic heterocycles. The van der Waals surface area contributed by atoms with Gasteiger partial charge in [0.05, 0.1) is 11.5 Å². The molecule has 0 heterocycles. The predicted molar refractivity (Wildman–Crippen MR) is 175 cm³/mol. The van der Waals surface area contributed by atoms with E-state index in [1.807, 2.05) is 6.08 Å². The van der Waals surface area contributed by atoms with Gasteiger partial charge in [-0.3, -0.25) is 0 Å². The molecule has 6 aromatic carbocycles. The molecular weight excluding hydrogens is 506 g/mol. The Hall–Kier alpha value is -5.45. The van der Waals surface area contributed by atoms with E-state index >= 15 is 0 Å². The van der Waals surface area contributed by atoms with Gasteiger partial charge in [0.1, 0.15) is 0 Å². The lowest BCUT2D eigenvalue weighted by Crippen LogP contribution is -2.28. The van der Waals surface area contributed by atoms with E-state index < -0.39 is 5.41 Å². The fourth-order valence-electron chi connectivity index (χ4n) is 6.78. The monoisotopic (exact) mass is 535 g/mol. The number of nitrogens with zero attached hydrogens (tertiary/aromatic N) is 1. The fourth-order valence-corrected chi connectivity index (χ4v) is 6.78. The van der Waals surface area contributed by atoms with Crippen molar-refractivity contribution in [2.24, 2.45) is 0 Å². The van der Waals surface area contributed by atoms with Crippen LogP contribution in [0.4, 0.5) is 0 Å². The lowest BCUT2D eigenvalue weighted by Gasteiger charge is -2.34.